The number of hydrogen-bond acceptors (Lipinski definition) is 6. The third-order valence-corrected chi connectivity index (χ3v) is 4.69. The topological polar surface area (TPSA) is 89.2 Å². The van der Waals surface area contributed by atoms with Crippen LogP contribution in [0.25, 0.3) is 5.76 Å². The molecule has 29 heavy (non-hydrogen) atoms. The Hall–Kier alpha value is -3.06. The van der Waals surface area contributed by atoms with Crippen molar-refractivity contribution in [3.63, 3.8) is 0 Å². The molecule has 1 aliphatic heterocycles. The van der Waals surface area contributed by atoms with Gasteiger partial charge in [0.25, 0.3) is 11.7 Å². The summed E-state index contributed by atoms with van der Waals surface area (Å²) >= 11 is 0. The lowest BCUT2D eigenvalue weighted by Gasteiger charge is -2.23. The molecule has 1 N–H and O–H groups in total. The van der Waals surface area contributed by atoms with E-state index in [9.17, 15) is 14.7 Å². The molecule has 0 spiro atoms. The van der Waals surface area contributed by atoms with E-state index in [1.807, 2.05) is 13.8 Å². The van der Waals surface area contributed by atoms with Crippen molar-refractivity contribution in [2.45, 2.75) is 32.4 Å². The number of hydrogen-bond donors (Lipinski definition) is 1. The van der Waals surface area contributed by atoms with Crippen molar-refractivity contribution in [2.24, 2.45) is 0 Å². The number of ether oxygens (including phenoxy) is 2. The van der Waals surface area contributed by atoms with Gasteiger partial charge >= 0.3 is 0 Å². The van der Waals surface area contributed by atoms with Crippen LogP contribution in [0.3, 0.4) is 0 Å². The van der Waals surface area contributed by atoms with E-state index in [1.165, 1.54) is 18.3 Å². The molecule has 1 aromatic carbocycles. The summed E-state index contributed by atoms with van der Waals surface area (Å²) in [4.78, 5) is 27.0. The number of likely N-dealkylation sites (tertiary alicyclic amines) is 1. The molecule has 3 rings (SSSR count). The van der Waals surface area contributed by atoms with Crippen LogP contribution in [0.15, 0.2) is 52.7 Å². The minimum Gasteiger partial charge on any atom is -0.507 e. The van der Waals surface area contributed by atoms with Crippen molar-refractivity contribution in [3.05, 3.63) is 59.6 Å². The largest absolute Gasteiger partial charge is 0.507 e. The van der Waals surface area contributed by atoms with Crippen LogP contribution in [0.4, 0.5) is 0 Å². The number of rotatable bonds is 8. The van der Waals surface area contributed by atoms with Crippen molar-refractivity contribution in [1.29, 1.82) is 0 Å². The number of methoxy groups -OCH3 is 1. The monoisotopic (exact) mass is 399 g/mol. The highest BCUT2D eigenvalue weighted by Crippen LogP contribution is 2.39. The minimum absolute atomic E-state index is 0.00276. The van der Waals surface area contributed by atoms with Crippen LogP contribution < -0.4 is 4.74 Å². The number of nitrogens with zero attached hydrogens (tertiary/aromatic N) is 1. The van der Waals surface area contributed by atoms with Crippen molar-refractivity contribution >= 4 is 17.4 Å². The predicted molar refractivity (Wildman–Crippen MR) is 106 cm³/mol. The van der Waals surface area contributed by atoms with Gasteiger partial charge < -0.3 is 23.9 Å². The standard InChI is InChI=1S/C22H25NO6/c1-14(2)28-12-6-10-23-19(17-9-5-11-29-17)18(21(25)22(23)26)20(24)15-7-4-8-16(13-15)27-3/h4-5,7-9,11,13-14,19,24H,6,10,12H2,1-3H3/b20-18-. The molecule has 0 bridgehead atoms. The van der Waals surface area contributed by atoms with Gasteiger partial charge in [-0.25, -0.2) is 0 Å². The Labute approximate surface area is 169 Å². The minimum atomic E-state index is -0.796. The number of carbonyl (C=O) groups is 2. The lowest BCUT2D eigenvalue weighted by molar-refractivity contribution is -0.140. The highest BCUT2D eigenvalue weighted by molar-refractivity contribution is 6.46. The molecule has 1 amide bonds. The molecule has 0 saturated carbocycles. The van der Waals surface area contributed by atoms with Crippen LogP contribution in [0.1, 0.15) is 37.6 Å². The van der Waals surface area contributed by atoms with Crippen molar-refractivity contribution in [3.8, 4) is 5.75 Å². The van der Waals surface area contributed by atoms with E-state index in [0.29, 0.717) is 36.6 Å². The quantitative estimate of drug-likeness (QED) is 0.316. The fourth-order valence-corrected chi connectivity index (χ4v) is 3.33. The van der Waals surface area contributed by atoms with E-state index < -0.39 is 17.7 Å². The second kappa shape index (κ2) is 8.96. The zero-order valence-electron chi connectivity index (χ0n) is 16.8. The van der Waals surface area contributed by atoms with Gasteiger partial charge in [0.15, 0.2) is 0 Å². The fourth-order valence-electron chi connectivity index (χ4n) is 3.33. The molecule has 1 saturated heterocycles. The Morgan fingerprint density at radius 1 is 1.24 bits per heavy atom. The van der Waals surface area contributed by atoms with Gasteiger partial charge in [-0.15, -0.1) is 0 Å². The molecule has 1 aliphatic rings. The summed E-state index contributed by atoms with van der Waals surface area (Å²) in [6.45, 7) is 4.63. The normalized spacial score (nSPS) is 18.6. The van der Waals surface area contributed by atoms with E-state index >= 15 is 0 Å². The first-order valence-corrected chi connectivity index (χ1v) is 9.52. The summed E-state index contributed by atoms with van der Waals surface area (Å²) in [6.07, 6.45) is 2.11. The van der Waals surface area contributed by atoms with E-state index in [2.05, 4.69) is 0 Å². The number of aliphatic hydroxyl groups excluding tert-OH is 1. The van der Waals surface area contributed by atoms with Crippen molar-refractivity contribution in [1.82, 2.24) is 4.90 Å². The lowest BCUT2D eigenvalue weighted by Crippen LogP contribution is -2.31. The number of aliphatic hydroxyl groups is 1. The van der Waals surface area contributed by atoms with Gasteiger partial charge in [0.05, 0.1) is 25.1 Å². The summed E-state index contributed by atoms with van der Waals surface area (Å²) < 4.78 is 16.2. The Morgan fingerprint density at radius 2 is 2.03 bits per heavy atom. The first kappa shape index (κ1) is 20.7. The van der Waals surface area contributed by atoms with Crippen molar-refractivity contribution < 1.29 is 28.6 Å². The summed E-state index contributed by atoms with van der Waals surface area (Å²) in [5, 5.41) is 10.9. The molecule has 0 radical (unpaired) electrons. The molecule has 2 aromatic rings. The van der Waals surface area contributed by atoms with E-state index in [1.54, 1.807) is 36.4 Å². The number of amides is 1. The van der Waals surface area contributed by atoms with Gasteiger partial charge in [-0.05, 0) is 44.5 Å². The Bertz CT molecular complexity index is 900. The maximum Gasteiger partial charge on any atom is 0.295 e. The molecule has 154 valence electrons. The van der Waals surface area contributed by atoms with Crippen LogP contribution in [0.5, 0.6) is 5.75 Å². The molecule has 1 unspecified atom stereocenters. The average Bonchev–Trinajstić information content (AvgIpc) is 3.32. The maximum absolute atomic E-state index is 12.8. The number of furan rings is 1. The summed E-state index contributed by atoms with van der Waals surface area (Å²) in [7, 11) is 1.51. The smallest absolute Gasteiger partial charge is 0.295 e. The third-order valence-electron chi connectivity index (χ3n) is 4.69. The molecule has 7 heteroatoms. The van der Waals surface area contributed by atoms with Crippen LogP contribution >= 0.6 is 0 Å². The Morgan fingerprint density at radius 3 is 2.69 bits per heavy atom. The van der Waals surface area contributed by atoms with Crippen LogP contribution in [-0.4, -0.2) is 48.1 Å². The molecule has 1 atom stereocenters. The average molecular weight is 399 g/mol. The first-order chi connectivity index (χ1) is 13.9. The molecular formula is C22H25NO6. The van der Waals surface area contributed by atoms with Gasteiger partial charge in [-0.2, -0.15) is 0 Å². The SMILES string of the molecule is COc1cccc(/C(O)=C2/C(=O)C(=O)N(CCCOC(C)C)C2c2ccco2)c1. The van der Waals surface area contributed by atoms with Crippen molar-refractivity contribution in [2.75, 3.05) is 20.3 Å². The maximum atomic E-state index is 12.8. The second-order valence-electron chi connectivity index (χ2n) is 7.01. The van der Waals surface area contributed by atoms with Crippen LogP contribution in [0, 0.1) is 0 Å². The Kier molecular flexibility index (Phi) is 6.39. The van der Waals surface area contributed by atoms with E-state index in [4.69, 9.17) is 13.9 Å². The number of ketones is 1. The third kappa shape index (κ3) is 4.35. The van der Waals surface area contributed by atoms with Crippen LogP contribution in [0.2, 0.25) is 0 Å². The highest BCUT2D eigenvalue weighted by Gasteiger charge is 2.47. The zero-order valence-corrected chi connectivity index (χ0v) is 16.8. The number of carbonyl (C=O) groups excluding carboxylic acids is 2. The number of benzene rings is 1. The summed E-state index contributed by atoms with van der Waals surface area (Å²) in [5.41, 5.74) is 0.394. The van der Waals surface area contributed by atoms with Crippen LogP contribution in [-0.2, 0) is 14.3 Å². The van der Waals surface area contributed by atoms with E-state index in [0.717, 1.165) is 0 Å². The molecular weight excluding hydrogens is 374 g/mol. The molecule has 1 fully saturated rings. The second-order valence-corrected chi connectivity index (χ2v) is 7.01. The summed E-state index contributed by atoms with van der Waals surface area (Å²) in [5.74, 6) is -0.719. The lowest BCUT2D eigenvalue weighted by atomic mass is 9.99. The molecule has 1 aromatic heterocycles. The van der Waals surface area contributed by atoms with Gasteiger partial charge in [-0.1, -0.05) is 12.1 Å². The summed E-state index contributed by atoms with van der Waals surface area (Å²) in [6, 6.07) is 9.27. The van der Waals surface area contributed by atoms with Gasteiger partial charge in [0.2, 0.25) is 0 Å². The zero-order chi connectivity index (χ0) is 21.0. The predicted octanol–water partition coefficient (Wildman–Crippen LogP) is 3.53. The number of Topliss-reactive ketones (excluding diaryl/α,β-unsaturated/α-hetero) is 1. The fraction of sp³-hybridized carbons (Fsp3) is 0.364. The first-order valence-electron chi connectivity index (χ1n) is 9.52. The molecule has 7 nitrogen and oxygen atoms in total. The highest BCUT2D eigenvalue weighted by atomic mass is 16.5. The van der Waals surface area contributed by atoms with Gasteiger partial charge in [0.1, 0.15) is 23.3 Å². The van der Waals surface area contributed by atoms with Gasteiger partial charge in [-0.3, -0.25) is 9.59 Å². The Balaban J connectivity index is 1.98. The van der Waals surface area contributed by atoms with E-state index in [-0.39, 0.29) is 17.4 Å². The molecule has 0 aliphatic carbocycles. The molecule has 2 heterocycles. The van der Waals surface area contributed by atoms with Gasteiger partial charge in [0, 0.05) is 18.7 Å².